The summed E-state index contributed by atoms with van der Waals surface area (Å²) in [6, 6.07) is 70.4. The molecule has 0 atom stereocenters. The third kappa shape index (κ3) is 5.10. The van der Waals surface area contributed by atoms with Crippen LogP contribution in [0.4, 0.5) is 17.1 Å². The number of fused-ring (bicyclic) bond motifs is 6. The van der Waals surface area contributed by atoms with Crippen molar-refractivity contribution in [2.75, 3.05) is 4.90 Å². The second-order valence-electron chi connectivity index (χ2n) is 13.0. The second kappa shape index (κ2) is 12.2. The van der Waals surface area contributed by atoms with Gasteiger partial charge in [-0.25, -0.2) is 0 Å². The lowest BCUT2D eigenvalue weighted by molar-refractivity contribution is 1.18. The first kappa shape index (κ1) is 29.5. The van der Waals surface area contributed by atoms with Crippen LogP contribution < -0.4 is 4.90 Å². The SMILES string of the molecule is c1ccc(-c2ccc(-c3ccc(N(c4ccc5sc6ccccc6c5c4)c4ccc5c6ccccc6n(-c6ccccc6)c5c4)cc3)cc2)cc1. The second-order valence-corrected chi connectivity index (χ2v) is 14.1. The Bertz CT molecular complexity index is 2830. The Balaban J connectivity index is 1.13. The van der Waals surface area contributed by atoms with E-state index in [0.717, 1.165) is 22.7 Å². The Kier molecular flexibility index (Phi) is 7.04. The fraction of sp³-hybridized carbons (Fsp3) is 0. The van der Waals surface area contributed by atoms with Crippen molar-refractivity contribution in [2.24, 2.45) is 0 Å². The third-order valence-electron chi connectivity index (χ3n) is 10.00. The maximum atomic E-state index is 2.40. The average molecular weight is 669 g/mol. The van der Waals surface area contributed by atoms with Crippen molar-refractivity contribution < 1.29 is 0 Å². The van der Waals surface area contributed by atoms with Crippen LogP contribution in [0.5, 0.6) is 0 Å². The molecule has 0 saturated carbocycles. The van der Waals surface area contributed by atoms with E-state index in [1.807, 2.05) is 11.3 Å². The van der Waals surface area contributed by atoms with Crippen molar-refractivity contribution >= 4 is 70.4 Å². The Hall–Kier alpha value is -6.42. The van der Waals surface area contributed by atoms with Gasteiger partial charge in [-0.15, -0.1) is 11.3 Å². The lowest BCUT2D eigenvalue weighted by Crippen LogP contribution is -2.10. The molecule has 240 valence electrons. The highest BCUT2D eigenvalue weighted by atomic mass is 32.1. The van der Waals surface area contributed by atoms with Crippen molar-refractivity contribution in [3.63, 3.8) is 0 Å². The number of thiophene rings is 1. The predicted octanol–water partition coefficient (Wildman–Crippen LogP) is 14.0. The lowest BCUT2D eigenvalue weighted by Gasteiger charge is -2.26. The van der Waals surface area contributed by atoms with E-state index in [-0.39, 0.29) is 0 Å². The Morgan fingerprint density at radius 2 is 0.843 bits per heavy atom. The minimum Gasteiger partial charge on any atom is -0.310 e. The fourth-order valence-electron chi connectivity index (χ4n) is 7.54. The molecule has 0 saturated heterocycles. The van der Waals surface area contributed by atoms with Gasteiger partial charge in [-0.1, -0.05) is 127 Å². The molecular formula is C48H32N2S. The summed E-state index contributed by atoms with van der Waals surface area (Å²) >= 11 is 1.85. The number of aromatic nitrogens is 1. The molecule has 0 aliphatic rings. The number of benzene rings is 8. The van der Waals surface area contributed by atoms with E-state index < -0.39 is 0 Å². The van der Waals surface area contributed by atoms with E-state index in [2.05, 4.69) is 204 Å². The molecule has 0 unspecified atom stereocenters. The van der Waals surface area contributed by atoms with Crippen molar-refractivity contribution in [1.82, 2.24) is 4.57 Å². The largest absolute Gasteiger partial charge is 0.310 e. The summed E-state index contributed by atoms with van der Waals surface area (Å²) in [4.78, 5) is 2.40. The molecule has 10 rings (SSSR count). The summed E-state index contributed by atoms with van der Waals surface area (Å²) in [7, 11) is 0. The van der Waals surface area contributed by atoms with Crippen LogP contribution in [-0.2, 0) is 0 Å². The number of hydrogen-bond acceptors (Lipinski definition) is 2. The van der Waals surface area contributed by atoms with Crippen LogP contribution >= 0.6 is 11.3 Å². The van der Waals surface area contributed by atoms with Gasteiger partial charge < -0.3 is 9.47 Å². The summed E-state index contributed by atoms with van der Waals surface area (Å²) in [5, 5.41) is 5.08. The van der Waals surface area contributed by atoms with Crippen LogP contribution in [0.25, 0.3) is 69.9 Å². The van der Waals surface area contributed by atoms with E-state index >= 15 is 0 Å². The van der Waals surface area contributed by atoms with Crippen LogP contribution in [0.2, 0.25) is 0 Å². The van der Waals surface area contributed by atoms with E-state index in [1.54, 1.807) is 0 Å². The van der Waals surface area contributed by atoms with Gasteiger partial charge in [0.25, 0.3) is 0 Å². The van der Waals surface area contributed by atoms with Gasteiger partial charge in [-0.05, 0) is 89.0 Å². The number of para-hydroxylation sites is 2. The van der Waals surface area contributed by atoms with Gasteiger partial charge in [0.15, 0.2) is 0 Å². The zero-order valence-electron chi connectivity index (χ0n) is 27.8. The smallest absolute Gasteiger partial charge is 0.0561 e. The Morgan fingerprint density at radius 3 is 1.59 bits per heavy atom. The Labute approximate surface area is 300 Å². The topological polar surface area (TPSA) is 8.17 Å². The monoisotopic (exact) mass is 668 g/mol. The van der Waals surface area contributed by atoms with Crippen LogP contribution in [-0.4, -0.2) is 4.57 Å². The molecule has 0 spiro atoms. The summed E-state index contributed by atoms with van der Waals surface area (Å²) in [6.07, 6.45) is 0. The van der Waals surface area contributed by atoms with Crippen LogP contribution in [0.3, 0.4) is 0 Å². The summed E-state index contributed by atoms with van der Waals surface area (Å²) in [5.41, 5.74) is 11.7. The molecule has 0 aliphatic carbocycles. The Morgan fingerprint density at radius 1 is 0.333 bits per heavy atom. The maximum absolute atomic E-state index is 2.40. The van der Waals surface area contributed by atoms with Gasteiger partial charge in [-0.2, -0.15) is 0 Å². The normalized spacial score (nSPS) is 11.5. The molecule has 2 heterocycles. The molecular weight excluding hydrogens is 637 g/mol. The molecule has 0 N–H and O–H groups in total. The van der Waals surface area contributed by atoms with E-state index in [0.29, 0.717) is 0 Å². The number of rotatable bonds is 6. The molecule has 0 bridgehead atoms. The molecule has 0 radical (unpaired) electrons. The first-order valence-corrected chi connectivity index (χ1v) is 18.2. The standard InChI is InChI=1S/C48H32N2S/c1-3-11-33(12-4-1)34-19-21-35(22-20-34)36-23-25-38(26-24-36)49(39-28-30-48-44(31-39)43-16-8-10-18-47(43)51-48)40-27-29-42-41-15-7-9-17-45(41)50(46(42)32-40)37-13-5-2-6-14-37/h1-32H. The molecule has 0 aliphatic heterocycles. The van der Waals surface area contributed by atoms with Crippen LogP contribution in [0.1, 0.15) is 0 Å². The van der Waals surface area contributed by atoms with E-state index in [4.69, 9.17) is 0 Å². The number of nitrogens with zero attached hydrogens (tertiary/aromatic N) is 2. The molecule has 10 aromatic rings. The third-order valence-corrected chi connectivity index (χ3v) is 11.2. The first-order valence-electron chi connectivity index (χ1n) is 17.3. The number of anilines is 3. The minimum atomic E-state index is 1.11. The zero-order chi connectivity index (χ0) is 33.7. The molecule has 0 fully saturated rings. The molecule has 2 nitrogen and oxygen atoms in total. The van der Waals surface area contributed by atoms with Crippen molar-refractivity contribution in [1.29, 1.82) is 0 Å². The molecule has 51 heavy (non-hydrogen) atoms. The zero-order valence-corrected chi connectivity index (χ0v) is 28.6. The van der Waals surface area contributed by atoms with Crippen LogP contribution in [0.15, 0.2) is 194 Å². The molecule has 2 aromatic heterocycles. The molecule has 8 aromatic carbocycles. The average Bonchev–Trinajstić information content (AvgIpc) is 3.74. The number of hydrogen-bond donors (Lipinski definition) is 0. The molecule has 0 amide bonds. The summed E-state index contributed by atoms with van der Waals surface area (Å²) in [6.45, 7) is 0. The van der Waals surface area contributed by atoms with Gasteiger partial charge in [0.2, 0.25) is 0 Å². The quantitative estimate of drug-likeness (QED) is 0.171. The van der Waals surface area contributed by atoms with Gasteiger partial charge >= 0.3 is 0 Å². The van der Waals surface area contributed by atoms with Gasteiger partial charge in [0, 0.05) is 53.7 Å². The summed E-state index contributed by atoms with van der Waals surface area (Å²) in [5.74, 6) is 0. The van der Waals surface area contributed by atoms with E-state index in [9.17, 15) is 0 Å². The molecule has 3 heteroatoms. The summed E-state index contributed by atoms with van der Waals surface area (Å²) < 4.78 is 5.01. The van der Waals surface area contributed by atoms with Crippen molar-refractivity contribution in [2.45, 2.75) is 0 Å². The first-order chi connectivity index (χ1) is 25.3. The lowest BCUT2D eigenvalue weighted by atomic mass is 10.00. The highest BCUT2D eigenvalue weighted by molar-refractivity contribution is 7.25. The van der Waals surface area contributed by atoms with Crippen molar-refractivity contribution in [3.05, 3.63) is 194 Å². The predicted molar refractivity (Wildman–Crippen MR) is 219 cm³/mol. The van der Waals surface area contributed by atoms with Crippen molar-refractivity contribution in [3.8, 4) is 27.9 Å². The minimum absolute atomic E-state index is 1.11. The van der Waals surface area contributed by atoms with Gasteiger partial charge in [-0.3, -0.25) is 0 Å². The highest BCUT2D eigenvalue weighted by Crippen LogP contribution is 2.43. The fourth-order valence-corrected chi connectivity index (χ4v) is 8.63. The van der Waals surface area contributed by atoms with Gasteiger partial charge in [0.1, 0.15) is 0 Å². The van der Waals surface area contributed by atoms with Gasteiger partial charge in [0.05, 0.1) is 11.0 Å². The van der Waals surface area contributed by atoms with Crippen LogP contribution in [0, 0.1) is 0 Å². The van der Waals surface area contributed by atoms with E-state index in [1.165, 1.54) is 64.2 Å². The maximum Gasteiger partial charge on any atom is 0.0561 e. The highest BCUT2D eigenvalue weighted by Gasteiger charge is 2.19.